The molecular weight excluding hydrogens is 338 g/mol. The Kier molecular flexibility index (Phi) is 3.34. The monoisotopic (exact) mass is 347 g/mol. The van der Waals surface area contributed by atoms with Gasteiger partial charge in [-0.2, -0.15) is 18.3 Å². The van der Waals surface area contributed by atoms with E-state index in [1.54, 1.807) is 6.07 Å². The van der Waals surface area contributed by atoms with E-state index in [9.17, 15) is 17.6 Å². The average Bonchev–Trinajstić information content (AvgIpc) is 3.23. The lowest BCUT2D eigenvalue weighted by molar-refractivity contribution is -0.136. The third-order valence-corrected chi connectivity index (χ3v) is 3.69. The fourth-order valence-corrected chi connectivity index (χ4v) is 2.56. The average molecular weight is 347 g/mol. The van der Waals surface area contributed by atoms with Crippen molar-refractivity contribution in [2.24, 2.45) is 0 Å². The second kappa shape index (κ2) is 5.44. The van der Waals surface area contributed by atoms with Crippen LogP contribution in [0.5, 0.6) is 0 Å². The number of alkyl halides is 3. The van der Waals surface area contributed by atoms with E-state index in [-0.39, 0.29) is 22.5 Å². The first kappa shape index (κ1) is 15.4. The van der Waals surface area contributed by atoms with E-state index >= 15 is 0 Å². The molecule has 1 aromatic carbocycles. The molecule has 0 bridgehead atoms. The van der Waals surface area contributed by atoms with E-state index in [0.717, 1.165) is 12.3 Å². The standard InChI is InChI=1S/C17H9F4N3O/c18-10-3-5-11(6-4-10)24-16-12(9-22-24)13(17(19,20)21)8-14(23-16)15-2-1-7-25-15/h1-9H. The molecule has 3 aromatic heterocycles. The molecule has 25 heavy (non-hydrogen) atoms. The van der Waals surface area contributed by atoms with Gasteiger partial charge in [-0.3, -0.25) is 0 Å². The van der Waals surface area contributed by atoms with Gasteiger partial charge in [-0.25, -0.2) is 14.1 Å². The Balaban J connectivity index is 2.01. The van der Waals surface area contributed by atoms with Crippen molar-refractivity contribution in [1.29, 1.82) is 0 Å². The molecule has 126 valence electrons. The number of hydrogen-bond donors (Lipinski definition) is 0. The molecule has 0 aliphatic heterocycles. The quantitative estimate of drug-likeness (QED) is 0.488. The summed E-state index contributed by atoms with van der Waals surface area (Å²) >= 11 is 0. The number of fused-ring (bicyclic) bond motifs is 1. The lowest BCUT2D eigenvalue weighted by Crippen LogP contribution is -2.07. The van der Waals surface area contributed by atoms with Gasteiger partial charge >= 0.3 is 6.18 Å². The van der Waals surface area contributed by atoms with Gasteiger partial charge in [-0.05, 0) is 42.5 Å². The molecular formula is C17H9F4N3O. The van der Waals surface area contributed by atoms with Crippen LogP contribution in [0.15, 0.2) is 59.3 Å². The van der Waals surface area contributed by atoms with Crippen molar-refractivity contribution in [3.8, 4) is 17.1 Å². The number of benzene rings is 1. The summed E-state index contributed by atoms with van der Waals surface area (Å²) in [5.74, 6) is -0.250. The number of aromatic nitrogens is 3. The number of pyridine rings is 1. The zero-order chi connectivity index (χ0) is 17.6. The maximum absolute atomic E-state index is 13.5. The van der Waals surface area contributed by atoms with Gasteiger partial charge in [-0.1, -0.05) is 0 Å². The van der Waals surface area contributed by atoms with Gasteiger partial charge in [0.1, 0.15) is 11.5 Å². The Hall–Kier alpha value is -3.16. The Morgan fingerprint density at radius 2 is 1.80 bits per heavy atom. The van der Waals surface area contributed by atoms with Crippen LogP contribution >= 0.6 is 0 Å². The first-order chi connectivity index (χ1) is 11.9. The maximum atomic E-state index is 13.5. The van der Waals surface area contributed by atoms with Gasteiger partial charge in [-0.15, -0.1) is 0 Å². The summed E-state index contributed by atoms with van der Waals surface area (Å²) < 4.78 is 59.9. The highest BCUT2D eigenvalue weighted by molar-refractivity contribution is 5.83. The highest BCUT2D eigenvalue weighted by Crippen LogP contribution is 2.37. The van der Waals surface area contributed by atoms with Gasteiger partial charge in [0.2, 0.25) is 0 Å². The van der Waals surface area contributed by atoms with Crippen molar-refractivity contribution >= 4 is 11.0 Å². The fraction of sp³-hybridized carbons (Fsp3) is 0.0588. The number of hydrogen-bond acceptors (Lipinski definition) is 3. The van der Waals surface area contributed by atoms with Gasteiger partial charge in [0, 0.05) is 0 Å². The Morgan fingerprint density at radius 1 is 1.04 bits per heavy atom. The molecule has 0 saturated heterocycles. The molecule has 0 amide bonds. The molecule has 3 heterocycles. The SMILES string of the molecule is Fc1ccc(-n2ncc3c(C(F)(F)F)cc(-c4ccco4)nc32)cc1. The first-order valence-corrected chi connectivity index (χ1v) is 7.19. The van der Waals surface area contributed by atoms with E-state index in [4.69, 9.17) is 4.42 Å². The van der Waals surface area contributed by atoms with E-state index < -0.39 is 17.6 Å². The van der Waals surface area contributed by atoms with E-state index in [1.807, 2.05) is 0 Å². The number of furan rings is 1. The Bertz CT molecular complexity index is 1030. The molecule has 4 nitrogen and oxygen atoms in total. The largest absolute Gasteiger partial charge is 0.463 e. The third kappa shape index (κ3) is 2.65. The molecule has 4 aromatic rings. The lowest BCUT2D eigenvalue weighted by Gasteiger charge is -2.10. The molecule has 0 aliphatic carbocycles. The van der Waals surface area contributed by atoms with E-state index in [1.165, 1.54) is 41.3 Å². The van der Waals surface area contributed by atoms with Crippen LogP contribution in [0.25, 0.3) is 28.2 Å². The van der Waals surface area contributed by atoms with Crippen molar-refractivity contribution < 1.29 is 22.0 Å². The second-order valence-corrected chi connectivity index (χ2v) is 5.30. The van der Waals surface area contributed by atoms with E-state index in [0.29, 0.717) is 5.69 Å². The lowest BCUT2D eigenvalue weighted by atomic mass is 10.1. The predicted octanol–water partition coefficient (Wildman–Crippen LogP) is 4.84. The summed E-state index contributed by atoms with van der Waals surface area (Å²) in [6.07, 6.45) is -2.13. The molecule has 0 atom stereocenters. The number of nitrogens with zero attached hydrogens (tertiary/aromatic N) is 3. The minimum absolute atomic E-state index is 0.00725. The highest BCUT2D eigenvalue weighted by Gasteiger charge is 2.35. The zero-order valence-electron chi connectivity index (χ0n) is 12.5. The smallest absolute Gasteiger partial charge is 0.417 e. The molecule has 8 heteroatoms. The summed E-state index contributed by atoms with van der Waals surface area (Å²) in [4.78, 5) is 4.26. The van der Waals surface area contributed by atoms with Crippen molar-refractivity contribution in [3.05, 3.63) is 66.3 Å². The Morgan fingerprint density at radius 3 is 2.44 bits per heavy atom. The molecule has 0 spiro atoms. The van der Waals surface area contributed by atoms with E-state index in [2.05, 4.69) is 10.1 Å². The van der Waals surface area contributed by atoms with Gasteiger partial charge in [0.05, 0.1) is 29.1 Å². The van der Waals surface area contributed by atoms with Crippen LogP contribution in [-0.4, -0.2) is 14.8 Å². The molecule has 0 aliphatic rings. The Labute approximate surface area is 138 Å². The highest BCUT2D eigenvalue weighted by atomic mass is 19.4. The van der Waals surface area contributed by atoms with Crippen LogP contribution in [0.1, 0.15) is 5.56 Å². The number of halogens is 4. The van der Waals surface area contributed by atoms with Crippen molar-refractivity contribution in [2.45, 2.75) is 6.18 Å². The van der Waals surface area contributed by atoms with Gasteiger partial charge in [0.25, 0.3) is 0 Å². The van der Waals surface area contributed by atoms with Crippen LogP contribution in [0, 0.1) is 5.82 Å². The van der Waals surface area contributed by atoms with Crippen molar-refractivity contribution in [1.82, 2.24) is 14.8 Å². The van der Waals surface area contributed by atoms with Crippen LogP contribution in [0.2, 0.25) is 0 Å². The summed E-state index contributed by atoms with van der Waals surface area (Å²) in [7, 11) is 0. The molecule has 0 radical (unpaired) electrons. The molecule has 0 saturated carbocycles. The topological polar surface area (TPSA) is 43.9 Å². The minimum Gasteiger partial charge on any atom is -0.463 e. The first-order valence-electron chi connectivity index (χ1n) is 7.19. The normalized spacial score (nSPS) is 12.0. The van der Waals surface area contributed by atoms with Crippen molar-refractivity contribution in [3.63, 3.8) is 0 Å². The summed E-state index contributed by atoms with van der Waals surface area (Å²) in [6.45, 7) is 0. The van der Waals surface area contributed by atoms with Crippen LogP contribution in [0.4, 0.5) is 17.6 Å². The molecule has 0 unspecified atom stereocenters. The summed E-state index contributed by atoms with van der Waals surface area (Å²) in [5, 5.41) is 3.85. The van der Waals surface area contributed by atoms with Crippen LogP contribution in [0.3, 0.4) is 0 Å². The maximum Gasteiger partial charge on any atom is 0.417 e. The van der Waals surface area contributed by atoms with Crippen LogP contribution in [-0.2, 0) is 6.18 Å². The van der Waals surface area contributed by atoms with Crippen LogP contribution < -0.4 is 0 Å². The fourth-order valence-electron chi connectivity index (χ4n) is 2.56. The summed E-state index contributed by atoms with van der Waals surface area (Å²) in [5.41, 5.74) is -0.424. The van der Waals surface area contributed by atoms with Crippen molar-refractivity contribution in [2.75, 3.05) is 0 Å². The van der Waals surface area contributed by atoms with Gasteiger partial charge in [0.15, 0.2) is 11.4 Å². The molecule has 4 rings (SSSR count). The second-order valence-electron chi connectivity index (χ2n) is 5.30. The zero-order valence-corrected chi connectivity index (χ0v) is 12.5. The molecule has 0 N–H and O–H groups in total. The summed E-state index contributed by atoms with van der Waals surface area (Å²) in [6, 6.07) is 9.23. The third-order valence-electron chi connectivity index (χ3n) is 3.69. The van der Waals surface area contributed by atoms with Gasteiger partial charge < -0.3 is 4.42 Å². The molecule has 0 fully saturated rings. The minimum atomic E-state index is -4.58. The predicted molar refractivity (Wildman–Crippen MR) is 81.5 cm³/mol. The number of rotatable bonds is 2.